The van der Waals surface area contributed by atoms with Crippen molar-refractivity contribution in [3.8, 4) is 0 Å². The largest absolute Gasteiger partial charge is 0.481 e. The van der Waals surface area contributed by atoms with Gasteiger partial charge in [-0.3, -0.25) is 4.79 Å². The van der Waals surface area contributed by atoms with E-state index < -0.39 is 11.4 Å². The molecule has 0 aliphatic carbocycles. The van der Waals surface area contributed by atoms with E-state index in [1.54, 1.807) is 13.8 Å². The van der Waals surface area contributed by atoms with Crippen LogP contribution < -0.4 is 0 Å². The second kappa shape index (κ2) is 6.83. The summed E-state index contributed by atoms with van der Waals surface area (Å²) in [6.07, 6.45) is 3.97. The van der Waals surface area contributed by atoms with E-state index in [2.05, 4.69) is 13.8 Å². The summed E-state index contributed by atoms with van der Waals surface area (Å²) in [6, 6.07) is 0. The zero-order valence-corrected chi connectivity index (χ0v) is 10.4. The van der Waals surface area contributed by atoms with Crippen LogP contribution >= 0.6 is 0 Å². The fraction of sp³-hybridized carbons (Fsp3) is 0.917. The Kier molecular flexibility index (Phi) is 6.57. The van der Waals surface area contributed by atoms with Crippen LogP contribution in [0.2, 0.25) is 0 Å². The van der Waals surface area contributed by atoms with Crippen LogP contribution in [-0.2, 0) is 9.53 Å². The average molecular weight is 216 g/mol. The van der Waals surface area contributed by atoms with Gasteiger partial charge in [0.1, 0.15) is 0 Å². The molecule has 0 spiro atoms. The Bertz CT molecular complexity index is 187. The number of hydrogen-bond acceptors (Lipinski definition) is 2. The van der Waals surface area contributed by atoms with E-state index in [0.29, 0.717) is 19.1 Å². The van der Waals surface area contributed by atoms with Gasteiger partial charge in [0.05, 0.1) is 11.5 Å². The van der Waals surface area contributed by atoms with Gasteiger partial charge in [0, 0.05) is 6.61 Å². The standard InChI is InChI=1S/C12H24O3/c1-5-7-10(2)15-9-6-8-12(3,4)11(13)14/h10H,5-9H2,1-4H3,(H,13,14). The smallest absolute Gasteiger partial charge is 0.309 e. The van der Waals surface area contributed by atoms with E-state index in [9.17, 15) is 4.79 Å². The monoisotopic (exact) mass is 216 g/mol. The van der Waals surface area contributed by atoms with Crippen LogP contribution in [-0.4, -0.2) is 23.8 Å². The molecule has 1 atom stereocenters. The van der Waals surface area contributed by atoms with Crippen molar-refractivity contribution in [3.63, 3.8) is 0 Å². The normalized spacial score (nSPS) is 13.9. The summed E-state index contributed by atoms with van der Waals surface area (Å²) >= 11 is 0. The Morgan fingerprint density at radius 1 is 1.47 bits per heavy atom. The van der Waals surface area contributed by atoms with E-state index in [1.807, 2.05) is 0 Å². The Labute approximate surface area is 92.8 Å². The number of carbonyl (C=O) groups is 1. The molecule has 0 fully saturated rings. The molecule has 3 heteroatoms. The fourth-order valence-corrected chi connectivity index (χ4v) is 1.40. The van der Waals surface area contributed by atoms with Gasteiger partial charge in [0.2, 0.25) is 0 Å². The van der Waals surface area contributed by atoms with Crippen molar-refractivity contribution in [1.82, 2.24) is 0 Å². The average Bonchev–Trinajstić information content (AvgIpc) is 2.13. The SMILES string of the molecule is CCCC(C)OCCCC(C)(C)C(=O)O. The van der Waals surface area contributed by atoms with Crippen molar-refractivity contribution in [2.75, 3.05) is 6.61 Å². The maximum absolute atomic E-state index is 10.8. The highest BCUT2D eigenvalue weighted by Crippen LogP contribution is 2.22. The van der Waals surface area contributed by atoms with Crippen molar-refractivity contribution in [2.45, 2.75) is 59.5 Å². The molecule has 0 heterocycles. The highest BCUT2D eigenvalue weighted by Gasteiger charge is 2.26. The van der Waals surface area contributed by atoms with Crippen molar-refractivity contribution < 1.29 is 14.6 Å². The number of aliphatic carboxylic acids is 1. The molecule has 0 saturated carbocycles. The second-order valence-electron chi connectivity index (χ2n) is 4.76. The molecule has 1 unspecified atom stereocenters. The number of hydrogen-bond donors (Lipinski definition) is 1. The minimum Gasteiger partial charge on any atom is -0.481 e. The molecular formula is C12H24O3. The lowest BCUT2D eigenvalue weighted by atomic mass is 9.88. The molecule has 3 nitrogen and oxygen atoms in total. The molecule has 0 aliphatic rings. The highest BCUT2D eigenvalue weighted by molar-refractivity contribution is 5.73. The number of carboxylic acids is 1. The number of ether oxygens (including phenoxy) is 1. The van der Waals surface area contributed by atoms with Gasteiger partial charge in [-0.15, -0.1) is 0 Å². The molecule has 1 N–H and O–H groups in total. The molecule has 90 valence electrons. The first-order chi connectivity index (χ1) is 6.90. The molecule has 0 aromatic heterocycles. The zero-order valence-electron chi connectivity index (χ0n) is 10.4. The van der Waals surface area contributed by atoms with Crippen molar-refractivity contribution >= 4 is 5.97 Å². The van der Waals surface area contributed by atoms with Crippen LogP contribution in [0.15, 0.2) is 0 Å². The minimum absolute atomic E-state index is 0.294. The second-order valence-corrected chi connectivity index (χ2v) is 4.76. The van der Waals surface area contributed by atoms with Crippen LogP contribution in [0.1, 0.15) is 53.4 Å². The number of rotatable bonds is 8. The molecule has 0 saturated heterocycles. The maximum atomic E-state index is 10.8. The molecule has 15 heavy (non-hydrogen) atoms. The van der Waals surface area contributed by atoms with E-state index >= 15 is 0 Å². The topological polar surface area (TPSA) is 46.5 Å². The lowest BCUT2D eigenvalue weighted by Crippen LogP contribution is -2.24. The first-order valence-electron chi connectivity index (χ1n) is 5.75. The van der Waals surface area contributed by atoms with Gasteiger partial charge in [-0.2, -0.15) is 0 Å². The quantitative estimate of drug-likeness (QED) is 0.634. The minimum atomic E-state index is -0.732. The van der Waals surface area contributed by atoms with Gasteiger partial charge in [-0.05, 0) is 40.0 Å². The molecule has 0 amide bonds. The molecule has 0 aliphatic heterocycles. The van der Waals surface area contributed by atoms with E-state index in [0.717, 1.165) is 19.3 Å². The summed E-state index contributed by atoms with van der Waals surface area (Å²) in [6.45, 7) is 8.37. The Balaban J connectivity index is 3.58. The highest BCUT2D eigenvalue weighted by atomic mass is 16.5. The van der Waals surface area contributed by atoms with Crippen LogP contribution in [0.3, 0.4) is 0 Å². The van der Waals surface area contributed by atoms with Crippen molar-refractivity contribution in [3.05, 3.63) is 0 Å². The molecule has 0 aromatic rings. The third kappa shape index (κ3) is 6.50. The third-order valence-corrected chi connectivity index (χ3v) is 2.62. The molecule has 0 rings (SSSR count). The molecular weight excluding hydrogens is 192 g/mol. The van der Waals surface area contributed by atoms with E-state index in [1.165, 1.54) is 0 Å². The third-order valence-electron chi connectivity index (χ3n) is 2.62. The Morgan fingerprint density at radius 2 is 2.07 bits per heavy atom. The Hall–Kier alpha value is -0.570. The van der Waals surface area contributed by atoms with Crippen molar-refractivity contribution in [1.29, 1.82) is 0 Å². The van der Waals surface area contributed by atoms with Crippen LogP contribution in [0, 0.1) is 5.41 Å². The van der Waals surface area contributed by atoms with Crippen LogP contribution in [0.4, 0.5) is 0 Å². The van der Waals surface area contributed by atoms with Gasteiger partial charge in [-0.25, -0.2) is 0 Å². The summed E-state index contributed by atoms with van der Waals surface area (Å²) in [7, 11) is 0. The Morgan fingerprint density at radius 3 is 2.53 bits per heavy atom. The summed E-state index contributed by atoms with van der Waals surface area (Å²) in [5.41, 5.74) is -0.628. The summed E-state index contributed by atoms with van der Waals surface area (Å²) < 4.78 is 5.56. The van der Waals surface area contributed by atoms with Gasteiger partial charge >= 0.3 is 5.97 Å². The lowest BCUT2D eigenvalue weighted by Gasteiger charge is -2.19. The van der Waals surface area contributed by atoms with Crippen molar-refractivity contribution in [2.24, 2.45) is 5.41 Å². The molecule has 0 radical (unpaired) electrons. The van der Waals surface area contributed by atoms with Gasteiger partial charge in [0.25, 0.3) is 0 Å². The van der Waals surface area contributed by atoms with Gasteiger partial charge in [-0.1, -0.05) is 13.3 Å². The fourth-order valence-electron chi connectivity index (χ4n) is 1.40. The zero-order chi connectivity index (χ0) is 11.9. The van der Waals surface area contributed by atoms with Gasteiger partial charge < -0.3 is 9.84 Å². The summed E-state index contributed by atoms with van der Waals surface area (Å²) in [5.74, 6) is -0.732. The predicted molar refractivity (Wildman–Crippen MR) is 61.0 cm³/mol. The first kappa shape index (κ1) is 14.4. The summed E-state index contributed by atoms with van der Waals surface area (Å²) in [4.78, 5) is 10.8. The van der Waals surface area contributed by atoms with Crippen LogP contribution in [0.25, 0.3) is 0 Å². The molecule has 0 bridgehead atoms. The molecule has 0 aromatic carbocycles. The summed E-state index contributed by atoms with van der Waals surface area (Å²) in [5, 5.41) is 8.89. The van der Waals surface area contributed by atoms with E-state index in [4.69, 9.17) is 9.84 Å². The van der Waals surface area contributed by atoms with Gasteiger partial charge in [0.15, 0.2) is 0 Å². The first-order valence-corrected chi connectivity index (χ1v) is 5.75. The number of carboxylic acid groups (broad SMARTS) is 1. The maximum Gasteiger partial charge on any atom is 0.309 e. The van der Waals surface area contributed by atoms with E-state index in [-0.39, 0.29) is 0 Å². The lowest BCUT2D eigenvalue weighted by molar-refractivity contribution is -0.147. The predicted octanol–water partition coefficient (Wildman–Crippen LogP) is 3.08. The van der Waals surface area contributed by atoms with Crippen LogP contribution in [0.5, 0.6) is 0 Å².